The van der Waals surface area contributed by atoms with Crippen LogP contribution in [0.5, 0.6) is 0 Å². The quantitative estimate of drug-likeness (QED) is 0.419. The molecule has 1 fully saturated rings. The van der Waals surface area contributed by atoms with Crippen molar-refractivity contribution in [2.45, 2.75) is 6.42 Å². The molecule has 64 valence electrons. The predicted octanol–water partition coefficient (Wildman–Crippen LogP) is -4.54. The number of rotatable bonds is 2. The average Bonchev–Trinajstić information content (AvgIpc) is 2.14. The fourth-order valence-electron chi connectivity index (χ4n) is 1.14. The van der Waals surface area contributed by atoms with E-state index in [9.17, 15) is 9.90 Å². The minimum atomic E-state index is -1.01. The van der Waals surface area contributed by atoms with Crippen LogP contribution < -0.4 is 56.5 Å². The van der Waals surface area contributed by atoms with Gasteiger partial charge in [-0.05, 0) is 6.42 Å². The van der Waals surface area contributed by atoms with E-state index in [1.807, 2.05) is 4.90 Å². The molecule has 1 rings (SSSR count). The molecule has 0 spiro atoms. The summed E-state index contributed by atoms with van der Waals surface area (Å²) in [5.74, 6) is -1.01. The van der Waals surface area contributed by atoms with Crippen LogP contribution in [0.15, 0.2) is 0 Å². The normalized spacial score (nSPS) is 19.3. The number of carbonyl (C=O) groups is 1. The first-order chi connectivity index (χ1) is 5.29. The Morgan fingerprint density at radius 2 is 2.17 bits per heavy atom. The van der Waals surface area contributed by atoms with Crippen molar-refractivity contribution in [1.82, 2.24) is 4.90 Å². The van der Waals surface area contributed by atoms with Crippen LogP contribution in [0.2, 0.25) is 0 Å². The van der Waals surface area contributed by atoms with Gasteiger partial charge in [0.2, 0.25) is 0 Å². The molecule has 4 nitrogen and oxygen atoms in total. The molecular formula is C7H12KNO3. The third kappa shape index (κ3) is 5.63. The Bertz CT molecular complexity index is 135. The number of carbonyl (C=O) groups excluding carboxylic acids is 1. The minimum absolute atomic E-state index is 0. The number of carboxylic acids is 1. The molecule has 0 amide bonds. The van der Waals surface area contributed by atoms with Gasteiger partial charge in [0.15, 0.2) is 0 Å². The van der Waals surface area contributed by atoms with Gasteiger partial charge in [0.25, 0.3) is 0 Å². The third-order valence-corrected chi connectivity index (χ3v) is 1.67. The van der Waals surface area contributed by atoms with Crippen LogP contribution in [-0.4, -0.2) is 43.7 Å². The molecule has 0 bridgehead atoms. The zero-order chi connectivity index (χ0) is 8.10. The van der Waals surface area contributed by atoms with Crippen molar-refractivity contribution in [2.24, 2.45) is 0 Å². The molecule has 0 unspecified atom stereocenters. The van der Waals surface area contributed by atoms with Crippen molar-refractivity contribution in [3.8, 4) is 0 Å². The smallest absolute Gasteiger partial charge is 0.549 e. The Labute approximate surface area is 115 Å². The molecule has 0 aromatic heterocycles. The summed E-state index contributed by atoms with van der Waals surface area (Å²) in [5, 5.41) is 10.2. The summed E-state index contributed by atoms with van der Waals surface area (Å²) in [4.78, 5) is 12.0. The molecule has 12 heavy (non-hydrogen) atoms. The molecule has 0 aromatic carbocycles. The van der Waals surface area contributed by atoms with Gasteiger partial charge >= 0.3 is 51.4 Å². The van der Waals surface area contributed by atoms with Crippen LogP contribution in [0.1, 0.15) is 6.42 Å². The van der Waals surface area contributed by atoms with Crippen LogP contribution >= 0.6 is 0 Å². The van der Waals surface area contributed by atoms with Crippen LogP contribution in [-0.2, 0) is 9.53 Å². The predicted molar refractivity (Wildman–Crippen MR) is 36.9 cm³/mol. The minimum Gasteiger partial charge on any atom is -0.549 e. The third-order valence-electron chi connectivity index (χ3n) is 1.67. The molecule has 0 atom stereocenters. The summed E-state index contributed by atoms with van der Waals surface area (Å²) in [7, 11) is 0. The first kappa shape index (κ1) is 13.0. The van der Waals surface area contributed by atoms with Crippen LogP contribution in [0.3, 0.4) is 0 Å². The second-order valence-corrected chi connectivity index (χ2v) is 2.61. The Balaban J connectivity index is 0.00000121. The van der Waals surface area contributed by atoms with E-state index < -0.39 is 5.97 Å². The van der Waals surface area contributed by atoms with Gasteiger partial charge in [-0.15, -0.1) is 0 Å². The molecule has 1 aliphatic rings. The van der Waals surface area contributed by atoms with Crippen molar-refractivity contribution < 1.29 is 66.0 Å². The number of carboxylic acid groups (broad SMARTS) is 1. The summed E-state index contributed by atoms with van der Waals surface area (Å²) in [6.07, 6.45) is 0.910. The summed E-state index contributed by atoms with van der Waals surface area (Å²) >= 11 is 0. The number of hydrogen-bond acceptors (Lipinski definition) is 4. The summed E-state index contributed by atoms with van der Waals surface area (Å²) < 4.78 is 5.15. The SMILES string of the molecule is O=C([O-])CN1CCCOCC1.[K+]. The monoisotopic (exact) mass is 197 g/mol. The molecular weight excluding hydrogens is 185 g/mol. The van der Waals surface area contributed by atoms with Gasteiger partial charge in [0.05, 0.1) is 12.6 Å². The molecule has 5 heteroatoms. The van der Waals surface area contributed by atoms with Gasteiger partial charge in [0.1, 0.15) is 0 Å². The Hall–Kier alpha value is 1.03. The van der Waals surface area contributed by atoms with Crippen molar-refractivity contribution >= 4 is 5.97 Å². The second-order valence-electron chi connectivity index (χ2n) is 2.61. The molecule has 0 aromatic rings. The Morgan fingerprint density at radius 1 is 1.42 bits per heavy atom. The summed E-state index contributed by atoms with van der Waals surface area (Å²) in [5.41, 5.74) is 0. The number of ether oxygens (including phenoxy) is 1. The van der Waals surface area contributed by atoms with Crippen LogP contribution in [0.25, 0.3) is 0 Å². The van der Waals surface area contributed by atoms with E-state index in [2.05, 4.69) is 0 Å². The topological polar surface area (TPSA) is 52.6 Å². The van der Waals surface area contributed by atoms with E-state index in [1.165, 1.54) is 0 Å². The van der Waals surface area contributed by atoms with Gasteiger partial charge in [-0.25, -0.2) is 0 Å². The standard InChI is InChI=1S/C7H13NO3.K/c9-7(10)6-8-2-1-4-11-5-3-8;/h1-6H2,(H,9,10);/q;+1/p-1. The van der Waals surface area contributed by atoms with Gasteiger partial charge in [0, 0.05) is 26.2 Å². The molecule has 1 aliphatic heterocycles. The zero-order valence-corrected chi connectivity index (χ0v) is 10.5. The fourth-order valence-corrected chi connectivity index (χ4v) is 1.14. The molecule has 0 aliphatic carbocycles. The van der Waals surface area contributed by atoms with E-state index in [0.29, 0.717) is 13.2 Å². The number of hydrogen-bond donors (Lipinski definition) is 0. The molecule has 0 radical (unpaired) electrons. The van der Waals surface area contributed by atoms with Crippen molar-refractivity contribution in [3.05, 3.63) is 0 Å². The van der Waals surface area contributed by atoms with Gasteiger partial charge < -0.3 is 14.6 Å². The van der Waals surface area contributed by atoms with Gasteiger partial charge in [-0.2, -0.15) is 0 Å². The fraction of sp³-hybridized carbons (Fsp3) is 0.857. The van der Waals surface area contributed by atoms with Gasteiger partial charge in [-0.1, -0.05) is 0 Å². The maximum atomic E-state index is 10.2. The maximum Gasteiger partial charge on any atom is 1.00 e. The van der Waals surface area contributed by atoms with E-state index in [-0.39, 0.29) is 57.9 Å². The van der Waals surface area contributed by atoms with Crippen LogP contribution in [0.4, 0.5) is 0 Å². The summed E-state index contributed by atoms with van der Waals surface area (Å²) in [6.45, 7) is 2.90. The zero-order valence-electron chi connectivity index (χ0n) is 7.41. The molecule has 1 heterocycles. The average molecular weight is 197 g/mol. The first-order valence-corrected chi connectivity index (χ1v) is 3.79. The number of aliphatic carboxylic acids is 1. The number of nitrogens with zero attached hydrogens (tertiary/aromatic N) is 1. The largest absolute Gasteiger partial charge is 1.00 e. The van der Waals surface area contributed by atoms with Crippen LogP contribution in [0, 0.1) is 0 Å². The van der Waals surface area contributed by atoms with E-state index in [4.69, 9.17) is 4.74 Å². The van der Waals surface area contributed by atoms with Crippen molar-refractivity contribution in [3.63, 3.8) is 0 Å². The summed E-state index contributed by atoms with van der Waals surface area (Å²) in [6, 6.07) is 0. The van der Waals surface area contributed by atoms with Gasteiger partial charge in [-0.3, -0.25) is 4.90 Å². The van der Waals surface area contributed by atoms with E-state index >= 15 is 0 Å². The van der Waals surface area contributed by atoms with E-state index in [1.54, 1.807) is 0 Å². The first-order valence-electron chi connectivity index (χ1n) is 3.79. The van der Waals surface area contributed by atoms with E-state index in [0.717, 1.165) is 19.6 Å². The maximum absolute atomic E-state index is 10.2. The molecule has 0 N–H and O–H groups in total. The Kier molecular flexibility index (Phi) is 8.07. The van der Waals surface area contributed by atoms with Crippen molar-refractivity contribution in [2.75, 3.05) is 32.8 Å². The molecule has 1 saturated heterocycles. The Morgan fingerprint density at radius 3 is 2.83 bits per heavy atom. The van der Waals surface area contributed by atoms with Crippen molar-refractivity contribution in [1.29, 1.82) is 0 Å². The second kappa shape index (κ2) is 7.43. The molecule has 0 saturated carbocycles.